The summed E-state index contributed by atoms with van der Waals surface area (Å²) < 4.78 is 15.1. The SMILES string of the molecule is CC(C)(C)[S+]([O-])N=Cc1ccc(=O)[nH]c1. The summed E-state index contributed by atoms with van der Waals surface area (Å²) in [6.45, 7) is 5.56. The van der Waals surface area contributed by atoms with Gasteiger partial charge in [0.2, 0.25) is 5.56 Å². The van der Waals surface area contributed by atoms with Crippen LogP contribution < -0.4 is 5.56 Å². The zero-order valence-corrected chi connectivity index (χ0v) is 9.80. The molecule has 0 aliphatic rings. The lowest BCUT2D eigenvalue weighted by Gasteiger charge is -2.17. The maximum absolute atomic E-state index is 11.5. The van der Waals surface area contributed by atoms with Gasteiger partial charge in [-0.3, -0.25) is 4.79 Å². The number of hydrogen-bond acceptors (Lipinski definition) is 3. The quantitative estimate of drug-likeness (QED) is 0.609. The first kappa shape index (κ1) is 12.0. The highest BCUT2D eigenvalue weighted by atomic mass is 32.2. The number of nitrogens with zero attached hydrogens (tertiary/aromatic N) is 1. The van der Waals surface area contributed by atoms with Gasteiger partial charge in [-0.25, -0.2) is 0 Å². The third-order valence-corrected chi connectivity index (χ3v) is 2.97. The third-order valence-electron chi connectivity index (χ3n) is 1.63. The molecule has 0 bridgehead atoms. The summed E-state index contributed by atoms with van der Waals surface area (Å²) in [4.78, 5) is 13.3. The minimum Gasteiger partial charge on any atom is -0.591 e. The average molecular weight is 226 g/mol. The van der Waals surface area contributed by atoms with Crippen LogP contribution in [-0.2, 0) is 11.4 Å². The summed E-state index contributed by atoms with van der Waals surface area (Å²) >= 11 is -1.27. The Kier molecular flexibility index (Phi) is 3.71. The summed E-state index contributed by atoms with van der Waals surface area (Å²) in [5, 5.41) is 0. The van der Waals surface area contributed by atoms with Crippen LogP contribution in [0.15, 0.2) is 27.5 Å². The van der Waals surface area contributed by atoms with E-state index in [1.165, 1.54) is 18.5 Å². The Labute approximate surface area is 91.8 Å². The molecule has 0 saturated carbocycles. The van der Waals surface area contributed by atoms with Crippen LogP contribution in [-0.4, -0.2) is 20.5 Å². The van der Waals surface area contributed by atoms with Crippen molar-refractivity contribution < 1.29 is 4.55 Å². The Morgan fingerprint density at radius 2 is 2.13 bits per heavy atom. The largest absolute Gasteiger partial charge is 0.591 e. The van der Waals surface area contributed by atoms with Crippen LogP contribution in [0.5, 0.6) is 0 Å². The average Bonchev–Trinajstić information content (AvgIpc) is 2.15. The van der Waals surface area contributed by atoms with E-state index in [0.29, 0.717) is 0 Å². The van der Waals surface area contributed by atoms with Crippen molar-refractivity contribution in [3.05, 3.63) is 34.2 Å². The molecule has 5 heteroatoms. The van der Waals surface area contributed by atoms with E-state index in [2.05, 4.69) is 9.38 Å². The van der Waals surface area contributed by atoms with Gasteiger partial charge in [0.1, 0.15) is 16.1 Å². The molecule has 1 heterocycles. The lowest BCUT2D eigenvalue weighted by Crippen LogP contribution is -2.25. The van der Waals surface area contributed by atoms with Crippen molar-refractivity contribution in [1.29, 1.82) is 0 Å². The fourth-order valence-electron chi connectivity index (χ4n) is 0.770. The molecule has 0 amide bonds. The molecule has 0 radical (unpaired) electrons. The van der Waals surface area contributed by atoms with Crippen LogP contribution in [0.4, 0.5) is 0 Å². The van der Waals surface area contributed by atoms with Crippen molar-refractivity contribution in [3.8, 4) is 0 Å². The summed E-state index contributed by atoms with van der Waals surface area (Å²) in [7, 11) is 0. The van der Waals surface area contributed by atoms with Gasteiger partial charge in [0.05, 0.1) is 6.21 Å². The number of rotatable bonds is 2. The Morgan fingerprint density at radius 1 is 1.47 bits per heavy atom. The van der Waals surface area contributed by atoms with E-state index in [1.54, 1.807) is 6.07 Å². The van der Waals surface area contributed by atoms with Crippen LogP contribution in [0.25, 0.3) is 0 Å². The van der Waals surface area contributed by atoms with Crippen LogP contribution >= 0.6 is 0 Å². The van der Waals surface area contributed by atoms with Gasteiger partial charge in [0.25, 0.3) is 0 Å². The van der Waals surface area contributed by atoms with Gasteiger partial charge < -0.3 is 9.54 Å². The van der Waals surface area contributed by atoms with Gasteiger partial charge in [-0.05, 0) is 26.8 Å². The van der Waals surface area contributed by atoms with Crippen LogP contribution in [0, 0.1) is 0 Å². The highest BCUT2D eigenvalue weighted by molar-refractivity contribution is 7.91. The number of aromatic amines is 1. The molecule has 0 spiro atoms. The number of H-pyrrole nitrogens is 1. The van der Waals surface area contributed by atoms with E-state index in [4.69, 9.17) is 0 Å². The second kappa shape index (κ2) is 4.63. The molecule has 1 aromatic heterocycles. The van der Waals surface area contributed by atoms with Crippen molar-refractivity contribution in [2.24, 2.45) is 4.40 Å². The predicted octanol–water partition coefficient (Wildman–Crippen LogP) is 1.26. The minimum atomic E-state index is -1.27. The molecule has 1 rings (SSSR count). The maximum Gasteiger partial charge on any atom is 0.247 e. The molecular formula is C10H14N2O2S. The summed E-state index contributed by atoms with van der Waals surface area (Å²) in [6.07, 6.45) is 3.03. The van der Waals surface area contributed by atoms with Gasteiger partial charge in [0, 0.05) is 17.8 Å². The van der Waals surface area contributed by atoms with Crippen molar-refractivity contribution in [3.63, 3.8) is 0 Å². The molecule has 0 aliphatic heterocycles. The molecule has 1 N–H and O–H groups in total. The van der Waals surface area contributed by atoms with Crippen molar-refractivity contribution >= 4 is 17.6 Å². The molecule has 0 aromatic carbocycles. The predicted molar refractivity (Wildman–Crippen MR) is 62.6 cm³/mol. The van der Waals surface area contributed by atoms with Gasteiger partial charge in [0.15, 0.2) is 0 Å². The molecule has 0 saturated heterocycles. The number of pyridine rings is 1. The first-order chi connectivity index (χ1) is 6.89. The maximum atomic E-state index is 11.5. The minimum absolute atomic E-state index is 0.163. The smallest absolute Gasteiger partial charge is 0.247 e. The van der Waals surface area contributed by atoms with E-state index in [0.717, 1.165) is 5.56 Å². The van der Waals surface area contributed by atoms with Crippen molar-refractivity contribution in [2.75, 3.05) is 0 Å². The molecule has 0 aliphatic carbocycles. The molecule has 1 atom stereocenters. The Balaban J connectivity index is 2.74. The number of aromatic nitrogens is 1. The summed E-state index contributed by atoms with van der Waals surface area (Å²) in [6, 6.07) is 3.03. The van der Waals surface area contributed by atoms with Crippen LogP contribution in [0.2, 0.25) is 0 Å². The van der Waals surface area contributed by atoms with E-state index >= 15 is 0 Å². The van der Waals surface area contributed by atoms with Crippen molar-refractivity contribution in [1.82, 2.24) is 4.98 Å². The van der Waals surface area contributed by atoms with E-state index < -0.39 is 11.4 Å². The fraction of sp³-hybridized carbons (Fsp3) is 0.400. The molecular weight excluding hydrogens is 212 g/mol. The molecule has 1 aromatic rings. The summed E-state index contributed by atoms with van der Waals surface area (Å²) in [5.74, 6) is 0. The first-order valence-corrected chi connectivity index (χ1v) is 5.65. The molecule has 82 valence electrons. The topological polar surface area (TPSA) is 68.3 Å². The Bertz CT molecular complexity index is 386. The molecule has 0 fully saturated rings. The van der Waals surface area contributed by atoms with Gasteiger partial charge in [-0.1, -0.05) is 4.40 Å². The zero-order valence-electron chi connectivity index (χ0n) is 8.98. The van der Waals surface area contributed by atoms with Crippen LogP contribution in [0.1, 0.15) is 26.3 Å². The number of nitrogens with one attached hydrogen (secondary N) is 1. The lowest BCUT2D eigenvalue weighted by molar-refractivity contribution is 0.562. The second-order valence-electron chi connectivity index (χ2n) is 4.08. The Morgan fingerprint density at radius 3 is 2.60 bits per heavy atom. The lowest BCUT2D eigenvalue weighted by atomic mass is 10.3. The van der Waals surface area contributed by atoms with E-state index in [9.17, 15) is 9.35 Å². The second-order valence-corrected chi connectivity index (χ2v) is 6.02. The monoisotopic (exact) mass is 226 g/mol. The fourth-order valence-corrected chi connectivity index (χ4v) is 1.30. The Hall–Kier alpha value is -1.07. The van der Waals surface area contributed by atoms with Crippen LogP contribution in [0.3, 0.4) is 0 Å². The normalized spacial score (nSPS) is 14.4. The standard InChI is InChI=1S/C10H14N2O2S/c1-10(2,3)15(14)12-7-8-4-5-9(13)11-6-8/h4-7H,1-3H3,(H,11,13). The molecule has 4 nitrogen and oxygen atoms in total. The molecule has 1 unspecified atom stereocenters. The van der Waals surface area contributed by atoms with E-state index in [1.807, 2.05) is 20.8 Å². The first-order valence-electron chi connectivity index (χ1n) is 4.54. The highest BCUT2D eigenvalue weighted by Crippen LogP contribution is 2.16. The highest BCUT2D eigenvalue weighted by Gasteiger charge is 2.25. The van der Waals surface area contributed by atoms with Gasteiger partial charge >= 0.3 is 0 Å². The summed E-state index contributed by atoms with van der Waals surface area (Å²) in [5.41, 5.74) is 0.566. The molecule has 15 heavy (non-hydrogen) atoms. The van der Waals surface area contributed by atoms with Gasteiger partial charge in [-0.15, -0.1) is 0 Å². The third kappa shape index (κ3) is 3.89. The van der Waals surface area contributed by atoms with E-state index in [-0.39, 0.29) is 10.3 Å². The zero-order chi connectivity index (χ0) is 11.5. The van der Waals surface area contributed by atoms with Gasteiger partial charge in [-0.2, -0.15) is 0 Å². The number of hydrogen-bond donors (Lipinski definition) is 1. The van der Waals surface area contributed by atoms with Crippen molar-refractivity contribution in [2.45, 2.75) is 25.5 Å².